The highest BCUT2D eigenvalue weighted by Crippen LogP contribution is 2.37. The van der Waals surface area contributed by atoms with E-state index in [9.17, 15) is 0 Å². The van der Waals surface area contributed by atoms with Crippen LogP contribution >= 0.6 is 11.8 Å². The zero-order valence-electron chi connectivity index (χ0n) is 8.18. The van der Waals surface area contributed by atoms with Gasteiger partial charge in [-0.15, -0.1) is 0 Å². The van der Waals surface area contributed by atoms with Crippen LogP contribution in [-0.2, 0) is 0 Å². The Morgan fingerprint density at radius 1 is 1.36 bits per heavy atom. The number of rotatable bonds is 2. The van der Waals surface area contributed by atoms with Gasteiger partial charge in [0.1, 0.15) is 0 Å². The number of thioether (sulfide) groups is 1. The Labute approximate surface area is 88.6 Å². The van der Waals surface area contributed by atoms with E-state index in [1.807, 2.05) is 6.07 Å². The molecule has 2 N–H and O–H groups in total. The highest BCUT2D eigenvalue weighted by atomic mass is 32.2. The molecule has 2 rings (SSSR count). The quantitative estimate of drug-likeness (QED) is 0.807. The van der Waals surface area contributed by atoms with Crippen molar-refractivity contribution >= 4 is 16.9 Å². The number of amidine groups is 1. The number of benzene rings is 1. The maximum absolute atomic E-state index is 5.74. The van der Waals surface area contributed by atoms with Crippen LogP contribution < -0.4 is 5.73 Å². The van der Waals surface area contributed by atoms with Gasteiger partial charge < -0.3 is 5.73 Å². The second-order valence-electron chi connectivity index (χ2n) is 3.39. The lowest BCUT2D eigenvalue weighted by molar-refractivity contribution is 0.672. The average molecular weight is 206 g/mol. The molecule has 3 heteroatoms. The Kier molecular flexibility index (Phi) is 2.77. The molecule has 0 spiro atoms. The summed E-state index contributed by atoms with van der Waals surface area (Å²) in [7, 11) is 0. The van der Waals surface area contributed by atoms with Crippen molar-refractivity contribution in [2.75, 3.05) is 0 Å². The molecule has 2 unspecified atom stereocenters. The van der Waals surface area contributed by atoms with E-state index in [1.165, 1.54) is 5.56 Å². The van der Waals surface area contributed by atoms with Crippen molar-refractivity contribution in [2.24, 2.45) is 10.7 Å². The van der Waals surface area contributed by atoms with Gasteiger partial charge in [-0.25, -0.2) is 0 Å². The normalized spacial score (nSPS) is 26.2. The molecule has 0 aliphatic carbocycles. The molecular formula is C11H14N2S. The Morgan fingerprint density at radius 3 is 2.71 bits per heavy atom. The van der Waals surface area contributed by atoms with Gasteiger partial charge in [-0.05, 0) is 12.0 Å². The predicted molar refractivity (Wildman–Crippen MR) is 62.5 cm³/mol. The van der Waals surface area contributed by atoms with Crippen molar-refractivity contribution < 1.29 is 0 Å². The molecule has 0 amide bonds. The molecule has 1 aliphatic rings. The van der Waals surface area contributed by atoms with Gasteiger partial charge in [-0.2, -0.15) is 0 Å². The second-order valence-corrected chi connectivity index (χ2v) is 4.65. The van der Waals surface area contributed by atoms with Gasteiger partial charge in [-0.1, -0.05) is 49.0 Å². The largest absolute Gasteiger partial charge is 0.379 e. The summed E-state index contributed by atoms with van der Waals surface area (Å²) in [4.78, 5) is 4.47. The van der Waals surface area contributed by atoms with Crippen molar-refractivity contribution in [3.8, 4) is 0 Å². The van der Waals surface area contributed by atoms with E-state index in [0.29, 0.717) is 5.25 Å². The first kappa shape index (κ1) is 9.59. The van der Waals surface area contributed by atoms with E-state index >= 15 is 0 Å². The predicted octanol–water partition coefficient (Wildman–Crippen LogP) is 2.57. The van der Waals surface area contributed by atoms with Crippen LogP contribution in [0.1, 0.15) is 24.9 Å². The van der Waals surface area contributed by atoms with Crippen LogP contribution in [0.4, 0.5) is 0 Å². The van der Waals surface area contributed by atoms with E-state index in [-0.39, 0.29) is 6.04 Å². The summed E-state index contributed by atoms with van der Waals surface area (Å²) in [5.41, 5.74) is 7.01. The minimum Gasteiger partial charge on any atom is -0.379 e. The fraction of sp³-hybridized carbons (Fsp3) is 0.364. The molecular weight excluding hydrogens is 192 g/mol. The molecule has 1 aliphatic heterocycles. The number of aliphatic imine (C=N–C) groups is 1. The first-order chi connectivity index (χ1) is 6.81. The molecule has 0 saturated carbocycles. The zero-order chi connectivity index (χ0) is 9.97. The van der Waals surface area contributed by atoms with Crippen molar-refractivity contribution in [3.63, 3.8) is 0 Å². The van der Waals surface area contributed by atoms with Crippen LogP contribution in [0.15, 0.2) is 35.3 Å². The maximum Gasteiger partial charge on any atom is 0.154 e. The smallest absolute Gasteiger partial charge is 0.154 e. The monoisotopic (exact) mass is 206 g/mol. The van der Waals surface area contributed by atoms with Crippen LogP contribution in [0.3, 0.4) is 0 Å². The third kappa shape index (κ3) is 1.77. The van der Waals surface area contributed by atoms with Gasteiger partial charge in [-0.3, -0.25) is 4.99 Å². The van der Waals surface area contributed by atoms with Crippen LogP contribution in [0.2, 0.25) is 0 Å². The molecule has 0 radical (unpaired) electrons. The van der Waals surface area contributed by atoms with E-state index in [2.05, 4.69) is 36.2 Å². The molecule has 14 heavy (non-hydrogen) atoms. The summed E-state index contributed by atoms with van der Waals surface area (Å²) in [5.74, 6) is 0. The van der Waals surface area contributed by atoms with E-state index in [1.54, 1.807) is 11.8 Å². The summed E-state index contributed by atoms with van der Waals surface area (Å²) in [6, 6.07) is 10.6. The van der Waals surface area contributed by atoms with Crippen molar-refractivity contribution in [3.05, 3.63) is 35.9 Å². The molecule has 1 aromatic rings. The van der Waals surface area contributed by atoms with Gasteiger partial charge in [0.05, 0.1) is 6.04 Å². The summed E-state index contributed by atoms with van der Waals surface area (Å²) >= 11 is 1.70. The maximum atomic E-state index is 5.74. The fourth-order valence-electron chi connectivity index (χ4n) is 1.72. The lowest BCUT2D eigenvalue weighted by atomic mass is 10.0. The average Bonchev–Trinajstić information content (AvgIpc) is 2.61. The number of nitrogens with two attached hydrogens (primary N) is 1. The van der Waals surface area contributed by atoms with Gasteiger partial charge >= 0.3 is 0 Å². The van der Waals surface area contributed by atoms with Gasteiger partial charge in [0.25, 0.3) is 0 Å². The van der Waals surface area contributed by atoms with Crippen molar-refractivity contribution in [1.29, 1.82) is 0 Å². The van der Waals surface area contributed by atoms with Crippen LogP contribution in [0.5, 0.6) is 0 Å². The topological polar surface area (TPSA) is 38.4 Å². The molecule has 0 fully saturated rings. The molecule has 1 heterocycles. The Bertz CT molecular complexity index is 334. The molecule has 0 saturated heterocycles. The highest BCUT2D eigenvalue weighted by Gasteiger charge is 2.28. The first-order valence-corrected chi connectivity index (χ1v) is 5.74. The second kappa shape index (κ2) is 4.05. The molecule has 74 valence electrons. The fourth-order valence-corrected chi connectivity index (χ4v) is 2.71. The Balaban J connectivity index is 2.25. The van der Waals surface area contributed by atoms with Gasteiger partial charge in [0.2, 0.25) is 0 Å². The SMILES string of the molecule is CCC1SC(N)=NC1c1ccccc1. The molecule has 1 aromatic carbocycles. The van der Waals surface area contributed by atoms with E-state index < -0.39 is 0 Å². The summed E-state index contributed by atoms with van der Waals surface area (Å²) in [5, 5.41) is 1.24. The number of hydrogen-bond acceptors (Lipinski definition) is 3. The number of nitrogens with zero attached hydrogens (tertiary/aromatic N) is 1. The van der Waals surface area contributed by atoms with Crippen LogP contribution in [-0.4, -0.2) is 10.4 Å². The third-order valence-corrected chi connectivity index (χ3v) is 3.67. The van der Waals surface area contributed by atoms with Gasteiger partial charge in [0.15, 0.2) is 5.17 Å². The lowest BCUT2D eigenvalue weighted by Gasteiger charge is -2.14. The van der Waals surface area contributed by atoms with Crippen LogP contribution in [0.25, 0.3) is 0 Å². The molecule has 0 bridgehead atoms. The summed E-state index contributed by atoms with van der Waals surface area (Å²) in [6.07, 6.45) is 1.11. The zero-order valence-corrected chi connectivity index (χ0v) is 9.00. The van der Waals surface area contributed by atoms with Crippen molar-refractivity contribution in [2.45, 2.75) is 24.6 Å². The van der Waals surface area contributed by atoms with Gasteiger partial charge in [0, 0.05) is 5.25 Å². The van der Waals surface area contributed by atoms with Crippen LogP contribution in [0, 0.1) is 0 Å². The summed E-state index contributed by atoms with van der Waals surface area (Å²) < 4.78 is 0. The Morgan fingerprint density at radius 2 is 2.07 bits per heavy atom. The van der Waals surface area contributed by atoms with E-state index in [4.69, 9.17) is 5.73 Å². The Hall–Kier alpha value is -0.960. The standard InChI is InChI=1S/C11H14N2S/c1-2-9-10(13-11(12)14-9)8-6-4-3-5-7-8/h3-7,9-10H,2H2,1H3,(H2,12,13). The first-order valence-electron chi connectivity index (χ1n) is 4.86. The molecule has 2 atom stereocenters. The highest BCUT2D eigenvalue weighted by molar-refractivity contribution is 8.14. The minimum atomic E-state index is 0.256. The minimum absolute atomic E-state index is 0.256. The molecule has 2 nitrogen and oxygen atoms in total. The number of hydrogen-bond donors (Lipinski definition) is 1. The third-order valence-electron chi connectivity index (χ3n) is 2.43. The van der Waals surface area contributed by atoms with Crippen molar-refractivity contribution in [1.82, 2.24) is 0 Å². The molecule has 0 aromatic heterocycles. The van der Waals surface area contributed by atoms with E-state index in [0.717, 1.165) is 11.6 Å². The summed E-state index contributed by atoms with van der Waals surface area (Å²) in [6.45, 7) is 2.18. The lowest BCUT2D eigenvalue weighted by Crippen LogP contribution is -2.08.